The van der Waals surface area contributed by atoms with Crippen LogP contribution >= 0.6 is 0 Å². The summed E-state index contributed by atoms with van der Waals surface area (Å²) in [5.74, 6) is 0. The molecular formula is C144H96Ge4. The van der Waals surface area contributed by atoms with Crippen LogP contribution in [-0.2, 0) is 0 Å². The summed E-state index contributed by atoms with van der Waals surface area (Å²) in [6, 6.07) is 198. The van der Waals surface area contributed by atoms with Crippen molar-refractivity contribution in [2.24, 2.45) is 0 Å². The summed E-state index contributed by atoms with van der Waals surface area (Å²) in [5.41, 5.74) is 36.2. The van der Waals surface area contributed by atoms with Crippen molar-refractivity contribution in [3.05, 3.63) is 522 Å². The number of hydrogen-bond donors (Lipinski definition) is 0. The third kappa shape index (κ3) is 14.8. The van der Waals surface area contributed by atoms with Gasteiger partial charge in [0.2, 0.25) is 0 Å². The van der Waals surface area contributed by atoms with Crippen LogP contribution in [0.1, 0.15) is 0 Å². The number of rotatable bonds is 12. The first kappa shape index (κ1) is 88.0. The molecule has 688 valence electrons. The van der Waals surface area contributed by atoms with Crippen molar-refractivity contribution < 1.29 is 0 Å². The maximum absolute atomic E-state index is 2.56. The fourth-order valence-electron chi connectivity index (χ4n) is 25.5. The van der Waals surface area contributed by atoms with Crippen LogP contribution < -0.4 is 26.4 Å². The molecular weight excluding hydrogens is 2020 g/mol. The van der Waals surface area contributed by atoms with E-state index in [-0.39, 0.29) is 0 Å². The first-order chi connectivity index (χ1) is 73.2. The van der Waals surface area contributed by atoms with E-state index in [1.54, 1.807) is 17.6 Å². The summed E-state index contributed by atoms with van der Waals surface area (Å²) in [6.07, 6.45) is 0. The Morgan fingerprint density at radius 1 is 0.115 bits per heavy atom. The molecule has 0 saturated heterocycles. The molecule has 0 spiro atoms. The molecule has 28 aromatic carbocycles. The van der Waals surface area contributed by atoms with E-state index >= 15 is 0 Å². The first-order valence-corrected chi connectivity index (χ1v) is 62.0. The normalized spacial score (nSPS) is 12.4. The monoisotopic (exact) mass is 2120 g/mol. The molecule has 30 rings (SSSR count). The second kappa shape index (κ2) is 36.3. The molecule has 0 aromatic heterocycles. The van der Waals surface area contributed by atoms with Gasteiger partial charge in [-0.05, 0) is 55.2 Å². The van der Waals surface area contributed by atoms with Crippen molar-refractivity contribution in [2.45, 2.75) is 0 Å². The summed E-state index contributed by atoms with van der Waals surface area (Å²) in [4.78, 5) is 0. The van der Waals surface area contributed by atoms with Crippen LogP contribution in [0.15, 0.2) is 522 Å². The Hall–Kier alpha value is -16.5. The predicted molar refractivity (Wildman–Crippen MR) is 654 cm³/mol. The predicted octanol–water partition coefficient (Wildman–Crippen LogP) is 31.4. The molecule has 0 radical (unpaired) electrons. The van der Waals surface area contributed by atoms with Gasteiger partial charge in [-0.2, -0.15) is 0 Å². The standard InChI is InChI=1S/2C72H48Ge2/c73-68-33-7-5-21-55(68)49-20-9-19-48(41-49)52-23-10-27-60-66(52)43-67-56(62-31-14-32-63-57-22-6-8-34-69(57)74-72(62)63)26-13-30-61(67)71(60)70-58-28-11-24-53(50-37-35-44-15-1-3-17-46(44)39-50)64(58)42-65-54(25-12-29-59(65)70)51-38-36-45-16-2-4-18-47(45)40-51;73-67-33-9-7-22-56(67)53-21-6-5-20-52(53)54-26-13-30-60-65(54)43-66-55(57-32-15-35-69-70(57)62-23-8-10-34-68(62)74-69)27-14-31-61(66)72(60)71-58-28-11-24-50(48-38-36-44-16-1-3-18-46(44)40-48)63(58)42-64-51(25-12-29-59(64)71)49-39-37-45-17-2-4-19-47(45)41-49/h2*1-43H,74H2,73H3. The summed E-state index contributed by atoms with van der Waals surface area (Å²) >= 11 is -1.40. The minimum absolute atomic E-state index is 0.513. The van der Waals surface area contributed by atoms with Crippen LogP contribution in [0.4, 0.5) is 0 Å². The van der Waals surface area contributed by atoms with Crippen molar-refractivity contribution in [3.8, 4) is 156 Å². The topological polar surface area (TPSA) is 0 Å². The SMILES string of the molecule is [GeH3][c]1ccccc1-c1cccc(-c2cccc3c(-c4c5cccc(-c6ccc7ccccc7c6)c5cc5c(-c6ccc7ccccc7c6)cccc45)c4cccc(-c5cccc6[c]5[GeH2][c]5ccccc5-6)c4cc23)c1.[GeH3][c]1ccccc1-c1ccccc1-c1cccc2c(-c3c4cccc(-c5ccc6ccccc6c5)c4cc4c(-c5ccc6ccccc6c5)cccc34)c3cccc(-c4ccc[c]5c4-c4cccc[c]4[GeH2]5)c3cc12. The molecule has 2 heterocycles. The van der Waals surface area contributed by atoms with E-state index < -0.39 is 30.9 Å². The van der Waals surface area contributed by atoms with E-state index in [1.165, 1.54) is 294 Å². The van der Waals surface area contributed by atoms with Crippen LogP contribution in [0.3, 0.4) is 0 Å². The molecule has 0 amide bonds. The Labute approximate surface area is 888 Å². The molecule has 0 fully saturated rings. The molecule has 0 unspecified atom stereocenters. The second-order valence-corrected chi connectivity index (χ2v) is 52.8. The zero-order valence-corrected chi connectivity index (χ0v) is 96.4. The van der Waals surface area contributed by atoms with Gasteiger partial charge in [0, 0.05) is 0 Å². The van der Waals surface area contributed by atoms with Gasteiger partial charge < -0.3 is 0 Å². The fourth-order valence-corrected chi connectivity index (χ4v) is 36.8. The maximum atomic E-state index is 2.56. The molecule has 4 heteroatoms. The van der Waals surface area contributed by atoms with Gasteiger partial charge in [-0.1, -0.05) is 133 Å². The molecule has 2 aliphatic rings. The van der Waals surface area contributed by atoms with Gasteiger partial charge in [-0.25, -0.2) is 0 Å². The molecule has 0 nitrogen and oxygen atoms in total. The zero-order chi connectivity index (χ0) is 97.7. The Balaban J connectivity index is 0.000000140. The van der Waals surface area contributed by atoms with E-state index in [1.807, 2.05) is 0 Å². The van der Waals surface area contributed by atoms with Crippen molar-refractivity contribution in [3.63, 3.8) is 0 Å². The van der Waals surface area contributed by atoms with Crippen molar-refractivity contribution in [2.75, 3.05) is 0 Å². The van der Waals surface area contributed by atoms with E-state index in [0.717, 1.165) is 0 Å². The number of benzene rings is 28. The molecule has 0 aliphatic carbocycles. The minimum atomic E-state index is -1.30. The third-order valence-electron chi connectivity index (χ3n) is 32.4. The van der Waals surface area contributed by atoms with E-state index in [9.17, 15) is 0 Å². The molecule has 2 aliphatic heterocycles. The van der Waals surface area contributed by atoms with E-state index in [4.69, 9.17) is 0 Å². The molecule has 148 heavy (non-hydrogen) atoms. The summed E-state index contributed by atoms with van der Waals surface area (Å²) in [6.45, 7) is 0. The Morgan fingerprint density at radius 3 is 0.743 bits per heavy atom. The number of hydrogen-bond acceptors (Lipinski definition) is 0. The van der Waals surface area contributed by atoms with Gasteiger partial charge >= 0.3 is 708 Å². The van der Waals surface area contributed by atoms with Crippen LogP contribution in [0.2, 0.25) is 0 Å². The van der Waals surface area contributed by atoms with Crippen molar-refractivity contribution >= 4 is 220 Å². The summed E-state index contributed by atoms with van der Waals surface area (Å²) < 4.78 is 9.25. The molecule has 28 aromatic rings. The number of fused-ring (bicyclic) bond motifs is 18. The van der Waals surface area contributed by atoms with Gasteiger partial charge in [-0.3, -0.25) is 0 Å². The fraction of sp³-hybridized carbons (Fsp3) is 0. The third-order valence-corrected chi connectivity index (χ3v) is 44.7. The zero-order valence-electron chi connectivity index (χ0n) is 82.1. The van der Waals surface area contributed by atoms with Gasteiger partial charge in [0.1, 0.15) is 0 Å². The summed E-state index contributed by atoms with van der Waals surface area (Å²) in [7, 11) is 0. The molecule has 0 bridgehead atoms. The quantitative estimate of drug-likeness (QED) is 0.0845. The van der Waals surface area contributed by atoms with Crippen LogP contribution in [0.5, 0.6) is 0 Å². The van der Waals surface area contributed by atoms with E-state index in [2.05, 4.69) is 522 Å². The van der Waals surface area contributed by atoms with Crippen LogP contribution in [0.25, 0.3) is 285 Å². The van der Waals surface area contributed by atoms with Crippen molar-refractivity contribution in [1.82, 2.24) is 0 Å². The Bertz CT molecular complexity index is 10200. The second-order valence-electron chi connectivity index (χ2n) is 40.6. The Kier molecular flexibility index (Phi) is 21.6. The van der Waals surface area contributed by atoms with E-state index in [0.29, 0.717) is 33.0 Å². The van der Waals surface area contributed by atoms with Crippen molar-refractivity contribution in [1.29, 1.82) is 0 Å². The summed E-state index contributed by atoms with van der Waals surface area (Å²) in [5, 5.41) is 30.1. The first-order valence-electron chi connectivity index (χ1n) is 51.9. The molecule has 0 atom stereocenters. The van der Waals surface area contributed by atoms with Crippen LogP contribution in [-0.4, -0.2) is 63.9 Å². The Morgan fingerprint density at radius 2 is 0.351 bits per heavy atom. The molecule has 0 saturated carbocycles. The van der Waals surface area contributed by atoms with Gasteiger partial charge in [0.15, 0.2) is 0 Å². The average molecular weight is 2120 g/mol. The van der Waals surface area contributed by atoms with Crippen LogP contribution in [0, 0.1) is 0 Å². The average Bonchev–Trinajstić information content (AvgIpc) is 0.765. The van der Waals surface area contributed by atoms with Gasteiger partial charge in [0.25, 0.3) is 0 Å². The van der Waals surface area contributed by atoms with Gasteiger partial charge in [-0.15, -0.1) is 0 Å². The van der Waals surface area contributed by atoms with Gasteiger partial charge in [0.05, 0.1) is 0 Å². The molecule has 0 N–H and O–H groups in total.